The van der Waals surface area contributed by atoms with E-state index in [4.69, 9.17) is 4.74 Å². The number of aromatic nitrogens is 1. The van der Waals surface area contributed by atoms with Crippen LogP contribution in [0, 0.1) is 0 Å². The van der Waals surface area contributed by atoms with Gasteiger partial charge in [-0.15, -0.1) is 11.3 Å². The molecule has 0 spiro atoms. The predicted octanol–water partition coefficient (Wildman–Crippen LogP) is 5.41. The van der Waals surface area contributed by atoms with Gasteiger partial charge >= 0.3 is 0 Å². The lowest BCUT2D eigenvalue weighted by atomic mass is 9.94. The Labute approximate surface area is 188 Å². The molecule has 1 unspecified atom stereocenters. The third-order valence-electron chi connectivity index (χ3n) is 5.54. The van der Waals surface area contributed by atoms with Gasteiger partial charge in [-0.25, -0.2) is 0 Å². The monoisotopic (exact) mass is 444 g/mol. The number of ether oxygens (including phenoxy) is 1. The molecule has 4 aromatic rings. The summed E-state index contributed by atoms with van der Waals surface area (Å²) >= 11 is 1.28. The number of aromatic amines is 1. The fourth-order valence-electron chi connectivity index (χ4n) is 4.13. The van der Waals surface area contributed by atoms with Crippen molar-refractivity contribution in [2.24, 2.45) is 0 Å². The van der Waals surface area contributed by atoms with Gasteiger partial charge in [-0.2, -0.15) is 0 Å². The largest absolute Gasteiger partial charge is 0.503 e. The molecule has 5 rings (SSSR count). The summed E-state index contributed by atoms with van der Waals surface area (Å²) in [5.41, 5.74) is 2.27. The first-order chi connectivity index (χ1) is 15.6. The van der Waals surface area contributed by atoms with Gasteiger partial charge in [0.05, 0.1) is 23.1 Å². The number of aliphatic hydroxyl groups excluding tert-OH is 1. The number of nitrogens with zero attached hydrogens (tertiary/aromatic N) is 1. The standard InChI is InChI=1S/C25H20N2O4S/c1-2-31-16-11-9-15(10-12-16)27-22(18-14-26-19-7-4-3-6-17(18)19)21(24(29)25(27)30)23(28)20-8-5-13-32-20/h3-14,22,26,29H,2H2,1H3. The summed E-state index contributed by atoms with van der Waals surface area (Å²) in [6.45, 7) is 2.43. The second-order valence-corrected chi connectivity index (χ2v) is 8.31. The molecule has 32 heavy (non-hydrogen) atoms. The maximum absolute atomic E-state index is 13.4. The van der Waals surface area contributed by atoms with E-state index in [1.54, 1.807) is 48.0 Å². The molecule has 1 amide bonds. The van der Waals surface area contributed by atoms with Gasteiger partial charge in [-0.1, -0.05) is 24.3 Å². The molecule has 0 aliphatic carbocycles. The molecule has 3 heterocycles. The van der Waals surface area contributed by atoms with Gasteiger partial charge in [0, 0.05) is 28.4 Å². The Kier molecular flexibility index (Phi) is 5.03. The number of hydrogen-bond donors (Lipinski definition) is 2. The molecule has 0 bridgehead atoms. The molecule has 0 radical (unpaired) electrons. The van der Waals surface area contributed by atoms with Gasteiger partial charge in [-0.3, -0.25) is 14.5 Å². The van der Waals surface area contributed by atoms with Crippen LogP contribution >= 0.6 is 11.3 Å². The van der Waals surface area contributed by atoms with E-state index >= 15 is 0 Å². The maximum atomic E-state index is 13.4. The number of aliphatic hydroxyl groups is 1. The van der Waals surface area contributed by atoms with Crippen LogP contribution in [0.2, 0.25) is 0 Å². The van der Waals surface area contributed by atoms with E-state index in [9.17, 15) is 14.7 Å². The number of Topliss-reactive ketones (excluding diaryl/α,β-unsaturated/α-hetero) is 1. The van der Waals surface area contributed by atoms with Gasteiger partial charge < -0.3 is 14.8 Å². The second kappa shape index (κ2) is 8.01. The molecule has 1 atom stereocenters. The predicted molar refractivity (Wildman–Crippen MR) is 124 cm³/mol. The number of nitrogens with one attached hydrogen (secondary N) is 1. The molecule has 1 aliphatic rings. The summed E-state index contributed by atoms with van der Waals surface area (Å²) in [5, 5.41) is 13.6. The van der Waals surface area contributed by atoms with Crippen LogP contribution in [-0.2, 0) is 4.79 Å². The Morgan fingerprint density at radius 2 is 1.91 bits per heavy atom. The molecule has 6 nitrogen and oxygen atoms in total. The van der Waals surface area contributed by atoms with Crippen molar-refractivity contribution < 1.29 is 19.4 Å². The number of hydrogen-bond acceptors (Lipinski definition) is 5. The minimum absolute atomic E-state index is 0.0797. The van der Waals surface area contributed by atoms with Crippen molar-refractivity contribution in [1.29, 1.82) is 0 Å². The highest BCUT2D eigenvalue weighted by Gasteiger charge is 2.45. The van der Waals surface area contributed by atoms with Crippen LogP contribution in [0.3, 0.4) is 0 Å². The fourth-order valence-corrected chi connectivity index (χ4v) is 4.81. The SMILES string of the molecule is CCOc1ccc(N2C(=O)C(O)=C(C(=O)c3cccs3)C2c2c[nH]c3ccccc23)cc1. The minimum Gasteiger partial charge on any atom is -0.503 e. The van der Waals surface area contributed by atoms with Crippen LogP contribution < -0.4 is 9.64 Å². The van der Waals surface area contributed by atoms with Crippen LogP contribution in [0.4, 0.5) is 5.69 Å². The number of benzene rings is 2. The van der Waals surface area contributed by atoms with Crippen LogP contribution in [0.5, 0.6) is 5.75 Å². The summed E-state index contributed by atoms with van der Waals surface area (Å²) in [6.07, 6.45) is 1.80. The molecule has 0 saturated carbocycles. The van der Waals surface area contributed by atoms with Crippen LogP contribution in [0.15, 0.2) is 83.6 Å². The number of H-pyrrole nitrogens is 1. The zero-order chi connectivity index (χ0) is 22.2. The quantitative estimate of drug-likeness (QED) is 0.390. The number of thiophene rings is 1. The summed E-state index contributed by atoms with van der Waals surface area (Å²) in [7, 11) is 0. The molecule has 1 aliphatic heterocycles. The van der Waals surface area contributed by atoms with Gasteiger partial charge in [0.1, 0.15) is 5.75 Å². The van der Waals surface area contributed by atoms with E-state index in [0.717, 1.165) is 16.5 Å². The van der Waals surface area contributed by atoms with Gasteiger partial charge in [0.25, 0.3) is 5.91 Å². The molecule has 7 heteroatoms. The van der Waals surface area contributed by atoms with Crippen molar-refractivity contribution in [3.8, 4) is 5.75 Å². The van der Waals surface area contributed by atoms with Crippen molar-refractivity contribution in [3.63, 3.8) is 0 Å². The average Bonchev–Trinajstić information content (AvgIpc) is 3.54. The van der Waals surface area contributed by atoms with Gasteiger partial charge in [0.15, 0.2) is 5.76 Å². The number of fused-ring (bicyclic) bond motifs is 1. The highest BCUT2D eigenvalue weighted by atomic mass is 32.1. The molecule has 0 fully saturated rings. The number of para-hydroxylation sites is 1. The first-order valence-corrected chi connectivity index (χ1v) is 11.1. The van der Waals surface area contributed by atoms with E-state index in [1.807, 2.05) is 31.2 Å². The lowest BCUT2D eigenvalue weighted by Gasteiger charge is -2.26. The number of carbonyl (C=O) groups is 2. The molecule has 2 aromatic heterocycles. The van der Waals surface area contributed by atoms with Crippen molar-refractivity contribution in [1.82, 2.24) is 4.98 Å². The molecule has 160 valence electrons. The van der Waals surface area contributed by atoms with Crippen LogP contribution in [-0.4, -0.2) is 28.4 Å². The molecule has 2 N–H and O–H groups in total. The Hall–Kier alpha value is -3.84. The summed E-state index contributed by atoms with van der Waals surface area (Å²) in [4.78, 5) is 31.8. The Morgan fingerprint density at radius 3 is 2.62 bits per heavy atom. The topological polar surface area (TPSA) is 82.6 Å². The highest BCUT2D eigenvalue weighted by Crippen LogP contribution is 2.44. The minimum atomic E-state index is -0.772. The molecular formula is C25H20N2O4S. The molecule has 2 aromatic carbocycles. The number of carbonyl (C=O) groups excluding carboxylic acids is 2. The number of ketones is 1. The number of amides is 1. The van der Waals surface area contributed by atoms with Crippen LogP contribution in [0.1, 0.15) is 28.2 Å². The van der Waals surface area contributed by atoms with Crippen molar-refractivity contribution in [3.05, 3.63) is 94.0 Å². The molecular weight excluding hydrogens is 424 g/mol. The van der Waals surface area contributed by atoms with Gasteiger partial charge in [-0.05, 0) is 48.7 Å². The summed E-state index contributed by atoms with van der Waals surface area (Å²) in [5.74, 6) is -0.801. The first kappa shape index (κ1) is 20.1. The third kappa shape index (κ3) is 3.18. The Balaban J connectivity index is 1.68. The third-order valence-corrected chi connectivity index (χ3v) is 6.41. The summed E-state index contributed by atoms with van der Waals surface area (Å²) < 4.78 is 5.52. The van der Waals surface area contributed by atoms with E-state index in [2.05, 4.69) is 4.98 Å². The van der Waals surface area contributed by atoms with Crippen LogP contribution in [0.25, 0.3) is 10.9 Å². The van der Waals surface area contributed by atoms with Gasteiger partial charge in [0.2, 0.25) is 5.78 Å². The maximum Gasteiger partial charge on any atom is 0.294 e. The van der Waals surface area contributed by atoms with E-state index in [0.29, 0.717) is 22.9 Å². The van der Waals surface area contributed by atoms with Crippen molar-refractivity contribution in [2.45, 2.75) is 13.0 Å². The highest BCUT2D eigenvalue weighted by molar-refractivity contribution is 7.12. The second-order valence-electron chi connectivity index (χ2n) is 7.36. The van der Waals surface area contributed by atoms with Crippen molar-refractivity contribution in [2.75, 3.05) is 11.5 Å². The molecule has 0 saturated heterocycles. The lowest BCUT2D eigenvalue weighted by molar-refractivity contribution is -0.117. The van der Waals surface area contributed by atoms with Crippen molar-refractivity contribution >= 4 is 39.6 Å². The fraction of sp³-hybridized carbons (Fsp3) is 0.120. The number of rotatable bonds is 6. The first-order valence-electron chi connectivity index (χ1n) is 10.2. The lowest BCUT2D eigenvalue weighted by Crippen LogP contribution is -2.30. The smallest absolute Gasteiger partial charge is 0.294 e. The zero-order valence-corrected chi connectivity index (χ0v) is 18.1. The van der Waals surface area contributed by atoms with E-state index in [-0.39, 0.29) is 11.4 Å². The van der Waals surface area contributed by atoms with E-state index < -0.39 is 17.7 Å². The van der Waals surface area contributed by atoms with E-state index in [1.165, 1.54) is 16.2 Å². The Morgan fingerprint density at radius 1 is 1.12 bits per heavy atom. The normalized spacial score (nSPS) is 16.2. The summed E-state index contributed by atoms with van der Waals surface area (Å²) in [6, 6.07) is 17.5. The zero-order valence-electron chi connectivity index (χ0n) is 17.2. The number of anilines is 1. The average molecular weight is 445 g/mol. The Bertz CT molecular complexity index is 1340.